The number of ether oxygens (including phenoxy) is 1. The van der Waals surface area contributed by atoms with Gasteiger partial charge < -0.3 is 9.64 Å². The van der Waals surface area contributed by atoms with Crippen LogP contribution in [0, 0.1) is 5.92 Å². The van der Waals surface area contributed by atoms with Crippen molar-refractivity contribution >= 4 is 6.29 Å². The maximum absolute atomic E-state index is 10.7. The highest BCUT2D eigenvalue weighted by atomic mass is 16.5. The van der Waals surface area contributed by atoms with Crippen molar-refractivity contribution in [1.29, 1.82) is 0 Å². The van der Waals surface area contributed by atoms with Crippen LogP contribution in [-0.4, -0.2) is 37.4 Å². The summed E-state index contributed by atoms with van der Waals surface area (Å²) in [5.41, 5.74) is 0.671. The van der Waals surface area contributed by atoms with E-state index in [4.69, 9.17) is 4.74 Å². The van der Waals surface area contributed by atoms with Crippen molar-refractivity contribution in [3.63, 3.8) is 0 Å². The van der Waals surface area contributed by atoms with E-state index < -0.39 is 0 Å². The molecule has 0 unspecified atom stereocenters. The molecule has 3 nitrogen and oxygen atoms in total. The second kappa shape index (κ2) is 8.05. The summed E-state index contributed by atoms with van der Waals surface area (Å²) in [5, 5.41) is 0. The van der Waals surface area contributed by atoms with Gasteiger partial charge in [-0.2, -0.15) is 0 Å². The van der Waals surface area contributed by atoms with Crippen LogP contribution in [0.3, 0.4) is 0 Å². The first kappa shape index (κ1) is 15.0. The smallest absolute Gasteiger partial charge is 0.150 e. The molecule has 3 heteroatoms. The summed E-state index contributed by atoms with van der Waals surface area (Å²) in [7, 11) is 0. The summed E-state index contributed by atoms with van der Waals surface area (Å²) in [5.74, 6) is 1.70. The lowest BCUT2D eigenvalue weighted by Crippen LogP contribution is -2.33. The van der Waals surface area contributed by atoms with Crippen LogP contribution in [-0.2, 0) is 0 Å². The molecule has 1 saturated heterocycles. The molecule has 0 bridgehead atoms. The van der Waals surface area contributed by atoms with E-state index in [1.54, 1.807) is 12.1 Å². The Balaban J connectivity index is 1.58. The van der Waals surface area contributed by atoms with Gasteiger partial charge in [0.1, 0.15) is 12.0 Å². The van der Waals surface area contributed by atoms with Gasteiger partial charge in [-0.25, -0.2) is 0 Å². The van der Waals surface area contributed by atoms with Crippen LogP contribution in [0.5, 0.6) is 5.75 Å². The van der Waals surface area contributed by atoms with E-state index in [9.17, 15) is 4.79 Å². The number of hydrogen-bond donors (Lipinski definition) is 0. The minimum absolute atomic E-state index is 0.671. The number of rotatable bonds is 7. The minimum Gasteiger partial charge on any atom is -0.494 e. The second-order valence-electron chi connectivity index (χ2n) is 5.77. The third-order valence-electron chi connectivity index (χ3n) is 4.01. The van der Waals surface area contributed by atoms with E-state index in [0.717, 1.165) is 31.0 Å². The molecule has 0 amide bonds. The summed E-state index contributed by atoms with van der Waals surface area (Å²) in [4.78, 5) is 13.2. The van der Waals surface area contributed by atoms with Crippen LogP contribution >= 0.6 is 0 Å². The van der Waals surface area contributed by atoms with Gasteiger partial charge in [-0.05, 0) is 63.4 Å². The Morgan fingerprint density at radius 1 is 1.30 bits per heavy atom. The molecular formula is C17H25NO2. The number of hydrogen-bond acceptors (Lipinski definition) is 3. The fraction of sp³-hybridized carbons (Fsp3) is 0.588. The minimum atomic E-state index is 0.671. The largest absolute Gasteiger partial charge is 0.494 e. The Hall–Kier alpha value is -1.35. The molecule has 1 aromatic rings. The van der Waals surface area contributed by atoms with Crippen molar-refractivity contribution in [1.82, 2.24) is 4.90 Å². The van der Waals surface area contributed by atoms with Crippen molar-refractivity contribution in [2.75, 3.05) is 26.2 Å². The summed E-state index contributed by atoms with van der Waals surface area (Å²) in [6, 6.07) is 7.34. The Labute approximate surface area is 121 Å². The van der Waals surface area contributed by atoms with Crippen LogP contribution < -0.4 is 4.74 Å². The van der Waals surface area contributed by atoms with Crippen molar-refractivity contribution in [3.05, 3.63) is 29.8 Å². The van der Waals surface area contributed by atoms with Crippen molar-refractivity contribution in [3.8, 4) is 5.75 Å². The molecular weight excluding hydrogens is 250 g/mol. The number of benzene rings is 1. The second-order valence-corrected chi connectivity index (χ2v) is 5.77. The molecule has 0 aliphatic carbocycles. The lowest BCUT2D eigenvalue weighted by atomic mass is 9.99. The number of aldehydes is 1. The fourth-order valence-electron chi connectivity index (χ4n) is 2.59. The van der Waals surface area contributed by atoms with Crippen LogP contribution in [0.1, 0.15) is 43.0 Å². The molecule has 1 aliphatic rings. The van der Waals surface area contributed by atoms with Gasteiger partial charge in [-0.1, -0.05) is 19.1 Å². The average Bonchev–Trinajstić information content (AvgIpc) is 2.49. The number of unbranched alkanes of at least 4 members (excludes halogenated alkanes) is 1. The monoisotopic (exact) mass is 275 g/mol. The zero-order chi connectivity index (χ0) is 14.2. The number of carbonyl (C=O) groups excluding carboxylic acids is 1. The zero-order valence-corrected chi connectivity index (χ0v) is 12.4. The van der Waals surface area contributed by atoms with Crippen molar-refractivity contribution in [2.45, 2.75) is 32.6 Å². The van der Waals surface area contributed by atoms with E-state index in [2.05, 4.69) is 11.8 Å². The van der Waals surface area contributed by atoms with Crippen molar-refractivity contribution in [2.24, 2.45) is 5.92 Å². The quantitative estimate of drug-likeness (QED) is 0.564. The van der Waals surface area contributed by atoms with Crippen LogP contribution in [0.2, 0.25) is 0 Å². The summed E-state index contributed by atoms with van der Waals surface area (Å²) < 4.78 is 5.68. The summed E-state index contributed by atoms with van der Waals surface area (Å²) in [6.07, 6.45) is 5.79. The normalized spacial score (nSPS) is 17.1. The summed E-state index contributed by atoms with van der Waals surface area (Å²) >= 11 is 0. The molecule has 0 atom stereocenters. The standard InChI is InChI=1S/C17H25NO2/c1-15-7-10-18(11-8-15)9-2-3-12-20-17-6-4-5-16(13-17)14-19/h4-6,13-15H,2-3,7-12H2,1H3. The fourth-order valence-corrected chi connectivity index (χ4v) is 2.59. The highest BCUT2D eigenvalue weighted by molar-refractivity contribution is 5.75. The molecule has 1 heterocycles. The third kappa shape index (κ3) is 4.97. The van der Waals surface area contributed by atoms with Gasteiger partial charge >= 0.3 is 0 Å². The molecule has 0 spiro atoms. The van der Waals surface area contributed by atoms with Gasteiger partial charge in [0.05, 0.1) is 6.61 Å². The molecule has 1 fully saturated rings. The zero-order valence-electron chi connectivity index (χ0n) is 12.4. The molecule has 0 saturated carbocycles. The number of likely N-dealkylation sites (tertiary alicyclic amines) is 1. The first-order valence-electron chi connectivity index (χ1n) is 7.68. The number of piperidine rings is 1. The average molecular weight is 275 g/mol. The molecule has 20 heavy (non-hydrogen) atoms. The van der Waals surface area contributed by atoms with Gasteiger partial charge in [-0.15, -0.1) is 0 Å². The van der Waals surface area contributed by atoms with E-state index >= 15 is 0 Å². The molecule has 110 valence electrons. The van der Waals surface area contributed by atoms with Gasteiger partial charge in [0, 0.05) is 5.56 Å². The Morgan fingerprint density at radius 2 is 2.10 bits per heavy atom. The maximum Gasteiger partial charge on any atom is 0.150 e. The van der Waals surface area contributed by atoms with Gasteiger partial charge in [-0.3, -0.25) is 4.79 Å². The van der Waals surface area contributed by atoms with Gasteiger partial charge in [0.25, 0.3) is 0 Å². The Bertz CT molecular complexity index is 411. The van der Waals surface area contributed by atoms with E-state index in [0.29, 0.717) is 5.56 Å². The molecule has 0 radical (unpaired) electrons. The predicted molar refractivity (Wildman–Crippen MR) is 81.4 cm³/mol. The summed E-state index contributed by atoms with van der Waals surface area (Å²) in [6.45, 7) is 6.77. The highest BCUT2D eigenvalue weighted by Crippen LogP contribution is 2.16. The first-order chi connectivity index (χ1) is 9.78. The van der Waals surface area contributed by atoms with Gasteiger partial charge in [0.2, 0.25) is 0 Å². The Morgan fingerprint density at radius 3 is 2.85 bits per heavy atom. The van der Waals surface area contributed by atoms with Crippen LogP contribution in [0.25, 0.3) is 0 Å². The SMILES string of the molecule is CC1CCN(CCCCOc2cccc(C=O)c2)CC1. The molecule has 2 rings (SSSR count). The van der Waals surface area contributed by atoms with Crippen LogP contribution in [0.15, 0.2) is 24.3 Å². The Kier molecular flexibility index (Phi) is 6.06. The number of carbonyl (C=O) groups is 1. The molecule has 1 aliphatic heterocycles. The third-order valence-corrected chi connectivity index (χ3v) is 4.01. The molecule has 0 aromatic heterocycles. The first-order valence-corrected chi connectivity index (χ1v) is 7.68. The molecule has 0 N–H and O–H groups in total. The lowest BCUT2D eigenvalue weighted by molar-refractivity contribution is 0.112. The molecule has 1 aromatic carbocycles. The van der Waals surface area contributed by atoms with Crippen molar-refractivity contribution < 1.29 is 9.53 Å². The topological polar surface area (TPSA) is 29.5 Å². The van der Waals surface area contributed by atoms with E-state index in [-0.39, 0.29) is 0 Å². The number of nitrogens with zero attached hydrogens (tertiary/aromatic N) is 1. The lowest BCUT2D eigenvalue weighted by Gasteiger charge is -2.30. The van der Waals surface area contributed by atoms with Gasteiger partial charge in [0.15, 0.2) is 0 Å². The van der Waals surface area contributed by atoms with E-state index in [1.807, 2.05) is 12.1 Å². The maximum atomic E-state index is 10.7. The highest BCUT2D eigenvalue weighted by Gasteiger charge is 2.14. The predicted octanol–water partition coefficient (Wildman–Crippen LogP) is 3.39. The van der Waals surface area contributed by atoms with E-state index in [1.165, 1.54) is 38.9 Å². The van der Waals surface area contributed by atoms with Crippen LogP contribution in [0.4, 0.5) is 0 Å².